The van der Waals surface area contributed by atoms with Gasteiger partial charge in [-0.3, -0.25) is 14.5 Å². The van der Waals surface area contributed by atoms with Gasteiger partial charge in [-0.2, -0.15) is 13.5 Å². The molecule has 0 aliphatic rings. The van der Waals surface area contributed by atoms with E-state index >= 15 is 0 Å². The fourth-order valence-electron chi connectivity index (χ4n) is 4.17. The van der Waals surface area contributed by atoms with Gasteiger partial charge in [0, 0.05) is 18.1 Å². The number of anilines is 1. The first-order valence-corrected chi connectivity index (χ1v) is 14.9. The van der Waals surface area contributed by atoms with Crippen LogP contribution in [0.15, 0.2) is 35.1 Å². The maximum atomic E-state index is 14.2. The number of carbonyl (C=O) groups excluding carboxylic acids is 2. The second-order valence-electron chi connectivity index (χ2n) is 9.22. The Kier molecular flexibility index (Phi) is 14.7. The average molecular weight is 682 g/mol. The first-order chi connectivity index (χ1) is 20.8. The largest absolute Gasteiger partial charge is 0.465 e. The molecule has 0 fully saturated rings. The average Bonchev–Trinajstić information content (AvgIpc) is 3.28. The molecule has 1 unspecified atom stereocenters. The molecule has 44 heavy (non-hydrogen) atoms. The zero-order valence-electron chi connectivity index (χ0n) is 24.9. The van der Waals surface area contributed by atoms with Crippen LogP contribution in [-0.2, 0) is 31.9 Å². The van der Waals surface area contributed by atoms with Gasteiger partial charge in [0.1, 0.15) is 29.5 Å². The fourth-order valence-corrected chi connectivity index (χ4v) is 4.77. The minimum absolute atomic E-state index is 0.0371. The summed E-state index contributed by atoms with van der Waals surface area (Å²) in [5.41, 5.74) is 1.76. The highest BCUT2D eigenvalue weighted by Crippen LogP contribution is 2.27. The van der Waals surface area contributed by atoms with Crippen LogP contribution in [0.5, 0.6) is 0 Å². The number of para-hydroxylation sites is 1. The molecular weight excluding hydrogens is 648 g/mol. The number of nitrogens with zero attached hydrogens (tertiary/aromatic N) is 4. The lowest BCUT2D eigenvalue weighted by atomic mass is 10.0. The van der Waals surface area contributed by atoms with E-state index in [1.165, 1.54) is 6.92 Å². The van der Waals surface area contributed by atoms with Crippen LogP contribution in [0.4, 0.5) is 18.9 Å². The molecule has 242 valence electrons. The summed E-state index contributed by atoms with van der Waals surface area (Å²) in [5, 5.41) is 2.52. The van der Waals surface area contributed by atoms with Gasteiger partial charge in [0.25, 0.3) is 0 Å². The van der Waals surface area contributed by atoms with Crippen molar-refractivity contribution in [1.82, 2.24) is 14.3 Å². The Labute approximate surface area is 268 Å². The van der Waals surface area contributed by atoms with Gasteiger partial charge in [0.15, 0.2) is 5.82 Å². The van der Waals surface area contributed by atoms with Gasteiger partial charge in [-0.15, -0.1) is 28.3 Å². The van der Waals surface area contributed by atoms with Crippen LogP contribution >= 0.6 is 34.8 Å². The van der Waals surface area contributed by atoms with Gasteiger partial charge in [-0.1, -0.05) is 36.7 Å². The van der Waals surface area contributed by atoms with Crippen molar-refractivity contribution in [3.05, 3.63) is 74.2 Å². The number of aryl methyl sites for hydroxylation is 3. The molecule has 0 saturated carbocycles. The molecule has 1 amide bonds. The lowest BCUT2D eigenvalue weighted by Crippen LogP contribution is -2.35. The third kappa shape index (κ3) is 9.23. The Bertz CT molecular complexity index is 1500. The van der Waals surface area contributed by atoms with Crippen molar-refractivity contribution in [1.29, 1.82) is 0 Å². The van der Waals surface area contributed by atoms with E-state index < -0.39 is 29.4 Å². The molecule has 9 nitrogen and oxygen atoms in total. The molecule has 0 aliphatic carbocycles. The van der Waals surface area contributed by atoms with E-state index in [2.05, 4.69) is 12.0 Å². The Morgan fingerprint density at radius 1 is 1.09 bits per heavy atom. The van der Waals surface area contributed by atoms with Gasteiger partial charge >= 0.3 is 18.2 Å². The summed E-state index contributed by atoms with van der Waals surface area (Å²) < 4.78 is 50.9. The molecule has 2 aromatic carbocycles. The van der Waals surface area contributed by atoms with Crippen molar-refractivity contribution in [3.63, 3.8) is 0 Å². The first-order valence-electron chi connectivity index (χ1n) is 13.6. The third-order valence-electron chi connectivity index (χ3n) is 6.27. The highest BCUT2D eigenvalue weighted by atomic mass is 35.5. The summed E-state index contributed by atoms with van der Waals surface area (Å²) in [4.78, 5) is 37.3. The number of benzene rings is 2. The highest BCUT2D eigenvalue weighted by Gasteiger charge is 2.24. The number of amides is 1. The number of hydrogen-bond acceptors (Lipinski definition) is 6. The van der Waals surface area contributed by atoms with Gasteiger partial charge in [0.05, 0.1) is 12.3 Å². The number of hydrogen-bond donors (Lipinski definition) is 0. The number of alkyl halides is 4. The minimum Gasteiger partial charge on any atom is -0.465 e. The van der Waals surface area contributed by atoms with Crippen LogP contribution < -0.4 is 10.6 Å². The lowest BCUT2D eigenvalue weighted by molar-refractivity contribution is -0.142. The second kappa shape index (κ2) is 17.4. The van der Waals surface area contributed by atoms with Crippen LogP contribution in [0.3, 0.4) is 0 Å². The van der Waals surface area contributed by atoms with Crippen LogP contribution in [0.2, 0.25) is 5.02 Å². The van der Waals surface area contributed by atoms with Crippen molar-refractivity contribution >= 4 is 52.4 Å². The molecule has 15 heteroatoms. The number of esters is 1. The topological polar surface area (TPSA) is 95.7 Å². The number of aromatic nitrogens is 3. The molecule has 1 heterocycles. The number of ether oxygens (including phenoxy) is 2. The van der Waals surface area contributed by atoms with E-state index in [1.807, 2.05) is 32.0 Å². The highest BCUT2D eigenvalue weighted by molar-refractivity contribution is 6.32. The molecule has 0 saturated heterocycles. The Hall–Kier alpha value is -3.06. The molecule has 0 radical (unpaired) electrons. The van der Waals surface area contributed by atoms with Gasteiger partial charge < -0.3 is 9.47 Å². The lowest BCUT2D eigenvalue weighted by Gasteiger charge is -2.25. The Morgan fingerprint density at radius 2 is 1.77 bits per heavy atom. The Morgan fingerprint density at radius 3 is 2.32 bits per heavy atom. The predicted molar refractivity (Wildman–Crippen MR) is 164 cm³/mol. The monoisotopic (exact) mass is 680 g/mol. The van der Waals surface area contributed by atoms with Crippen molar-refractivity contribution in [2.45, 2.75) is 59.4 Å². The van der Waals surface area contributed by atoms with Crippen LogP contribution in [0.25, 0.3) is 5.69 Å². The molecule has 0 N–H and O–H groups in total. The SMILES string of the molecule is CCOC(=O)C(Cl)Cc1cc(-n2nc(C)n(C(F)F)c2=O)c(F)cc1Cl.CCOCN(C(=O)CCl)c1c(C)cccc1CC. The zero-order chi connectivity index (χ0) is 33.1. The van der Waals surface area contributed by atoms with Crippen molar-refractivity contribution in [2.75, 3.05) is 30.7 Å². The maximum Gasteiger partial charge on any atom is 0.355 e. The van der Waals surface area contributed by atoms with Crippen LogP contribution in [0.1, 0.15) is 49.8 Å². The van der Waals surface area contributed by atoms with E-state index in [1.54, 1.807) is 11.8 Å². The molecule has 1 aromatic heterocycles. The Balaban J connectivity index is 0.000000329. The number of rotatable bonds is 12. The summed E-state index contributed by atoms with van der Waals surface area (Å²) in [6, 6.07) is 8.06. The van der Waals surface area contributed by atoms with Crippen LogP contribution in [-0.4, -0.2) is 57.4 Å². The van der Waals surface area contributed by atoms with E-state index in [0.29, 0.717) is 11.3 Å². The summed E-state index contributed by atoms with van der Waals surface area (Å²) in [6.07, 6.45) is 0.755. The van der Waals surface area contributed by atoms with E-state index in [-0.39, 0.29) is 58.2 Å². The number of halogens is 6. The second-order valence-corrected chi connectivity index (χ2v) is 10.4. The summed E-state index contributed by atoms with van der Waals surface area (Å²) >= 11 is 17.6. The number of carbonyl (C=O) groups is 2. The molecule has 0 spiro atoms. The molecule has 1 atom stereocenters. The molecule has 3 rings (SSSR count). The van der Waals surface area contributed by atoms with Gasteiger partial charge in [-0.25, -0.2) is 13.8 Å². The van der Waals surface area contributed by atoms with Crippen molar-refractivity contribution in [3.8, 4) is 5.69 Å². The standard InChI is InChI=1S/C15H14Cl2F3N3O3.C14H20ClNO2/c1-3-26-13(24)10(17)4-8-5-12(11(18)6-9(8)16)23-15(25)22(14(19)20)7(2)21-23;1-4-12-8-6-7-11(3)14(12)16(10-18-5-2)13(17)9-15/h5-6,10,14H,3-4H2,1-2H3;6-8H,4-5,9-10H2,1-3H3. The maximum absolute atomic E-state index is 14.2. The van der Waals surface area contributed by atoms with Crippen molar-refractivity contribution < 1.29 is 32.2 Å². The first kappa shape index (κ1) is 37.1. The van der Waals surface area contributed by atoms with Crippen LogP contribution in [0, 0.1) is 19.7 Å². The fraction of sp³-hybridized carbons (Fsp3) is 0.448. The third-order valence-corrected chi connectivity index (χ3v) is 7.19. The minimum atomic E-state index is -3.12. The van der Waals surface area contributed by atoms with E-state index in [0.717, 1.165) is 35.4 Å². The normalized spacial score (nSPS) is 11.6. The molecular formula is C29H34Cl3F3N4O5. The summed E-state index contributed by atoms with van der Waals surface area (Å²) in [7, 11) is 0. The van der Waals surface area contributed by atoms with Gasteiger partial charge in [-0.05, 0) is 62.9 Å². The van der Waals surface area contributed by atoms with E-state index in [4.69, 9.17) is 44.3 Å². The van der Waals surface area contributed by atoms with Gasteiger partial charge in [0.2, 0.25) is 5.91 Å². The quantitative estimate of drug-likeness (QED) is 0.125. The van der Waals surface area contributed by atoms with E-state index in [9.17, 15) is 27.6 Å². The zero-order valence-corrected chi connectivity index (χ0v) is 27.1. The molecule has 3 aromatic rings. The molecule has 0 bridgehead atoms. The predicted octanol–water partition coefficient (Wildman–Crippen LogP) is 6.37. The smallest absolute Gasteiger partial charge is 0.355 e. The summed E-state index contributed by atoms with van der Waals surface area (Å²) in [6.45, 7) is 6.59. The molecule has 0 aliphatic heterocycles. The summed E-state index contributed by atoms with van der Waals surface area (Å²) in [5.74, 6) is -2.09. The van der Waals surface area contributed by atoms with Crippen molar-refractivity contribution in [2.24, 2.45) is 0 Å².